The molecule has 0 bridgehead atoms. The summed E-state index contributed by atoms with van der Waals surface area (Å²) in [5, 5.41) is 0.886. The number of para-hydroxylation sites is 1. The lowest BCUT2D eigenvalue weighted by Crippen LogP contribution is -2.38. The van der Waals surface area contributed by atoms with Crippen molar-refractivity contribution in [1.82, 2.24) is 4.90 Å². The van der Waals surface area contributed by atoms with Crippen molar-refractivity contribution in [3.63, 3.8) is 0 Å². The van der Waals surface area contributed by atoms with E-state index in [1.165, 1.54) is 0 Å². The van der Waals surface area contributed by atoms with E-state index in [9.17, 15) is 4.79 Å². The molecular formula is C24H25NO4. The second kappa shape index (κ2) is 7.01. The predicted octanol–water partition coefficient (Wildman–Crippen LogP) is 4.01. The summed E-state index contributed by atoms with van der Waals surface area (Å²) >= 11 is 0. The van der Waals surface area contributed by atoms with Crippen LogP contribution in [0.4, 0.5) is 0 Å². The molecule has 1 aliphatic carbocycles. The van der Waals surface area contributed by atoms with Crippen LogP contribution in [0, 0.1) is 0 Å². The Kier molecular flexibility index (Phi) is 4.45. The second-order valence-electron chi connectivity index (χ2n) is 8.27. The van der Waals surface area contributed by atoms with E-state index in [-0.39, 0.29) is 5.78 Å². The van der Waals surface area contributed by atoms with E-state index in [1.54, 1.807) is 0 Å². The molecule has 0 N–H and O–H groups in total. The van der Waals surface area contributed by atoms with Crippen molar-refractivity contribution in [3.8, 4) is 5.75 Å². The molecule has 5 rings (SSSR count). The Labute approximate surface area is 170 Å². The largest absolute Gasteiger partial charge is 0.492 e. The zero-order valence-corrected chi connectivity index (χ0v) is 16.9. The number of ether oxygens (including phenoxy) is 2. The van der Waals surface area contributed by atoms with Gasteiger partial charge in [0.15, 0.2) is 5.78 Å². The summed E-state index contributed by atoms with van der Waals surface area (Å²) < 4.78 is 17.6. The van der Waals surface area contributed by atoms with E-state index in [0.717, 1.165) is 66.5 Å². The van der Waals surface area contributed by atoms with Gasteiger partial charge in [0.1, 0.15) is 23.7 Å². The van der Waals surface area contributed by atoms with E-state index in [2.05, 4.69) is 18.7 Å². The molecule has 0 atom stereocenters. The minimum atomic E-state index is -0.416. The van der Waals surface area contributed by atoms with Crippen molar-refractivity contribution in [2.24, 2.45) is 0 Å². The maximum atomic E-state index is 13.3. The predicted molar refractivity (Wildman–Crippen MR) is 111 cm³/mol. The standard InChI is InChI=1S/C24H25NO4/c1-24(2)19-15-16(28-14-11-25-9-12-27-13-10-25)7-8-17(19)22(26)21-18-5-3-4-6-20(18)29-23(21)24/h3-8,15H,9-14H2,1-2H3. The van der Waals surface area contributed by atoms with Gasteiger partial charge in [-0.15, -0.1) is 0 Å². The van der Waals surface area contributed by atoms with E-state index < -0.39 is 5.41 Å². The number of hydrogen-bond donors (Lipinski definition) is 0. The van der Waals surface area contributed by atoms with Crippen LogP contribution >= 0.6 is 0 Å². The molecule has 0 saturated carbocycles. The third-order valence-electron chi connectivity index (χ3n) is 6.08. The van der Waals surface area contributed by atoms with Gasteiger partial charge < -0.3 is 13.9 Å². The number of rotatable bonds is 4. The highest BCUT2D eigenvalue weighted by Gasteiger charge is 2.41. The maximum Gasteiger partial charge on any atom is 0.197 e. The molecule has 1 aromatic heterocycles. The normalized spacial score (nSPS) is 18.5. The quantitative estimate of drug-likeness (QED) is 0.673. The van der Waals surface area contributed by atoms with Crippen molar-refractivity contribution >= 4 is 16.8 Å². The van der Waals surface area contributed by atoms with Gasteiger partial charge >= 0.3 is 0 Å². The lowest BCUT2D eigenvalue weighted by atomic mass is 9.72. The lowest BCUT2D eigenvalue weighted by Gasteiger charge is -2.31. The van der Waals surface area contributed by atoms with Gasteiger partial charge in [0, 0.05) is 36.0 Å². The number of fused-ring (bicyclic) bond motifs is 4. The Morgan fingerprint density at radius 1 is 1.10 bits per heavy atom. The monoisotopic (exact) mass is 391 g/mol. The smallest absolute Gasteiger partial charge is 0.197 e. The number of ketones is 1. The van der Waals surface area contributed by atoms with Gasteiger partial charge in [-0.05, 0) is 43.7 Å². The summed E-state index contributed by atoms with van der Waals surface area (Å²) in [6, 6.07) is 13.6. The molecule has 2 heterocycles. The first-order valence-corrected chi connectivity index (χ1v) is 10.2. The Morgan fingerprint density at radius 2 is 1.90 bits per heavy atom. The van der Waals surface area contributed by atoms with Gasteiger partial charge in [0.25, 0.3) is 0 Å². The Morgan fingerprint density at radius 3 is 2.72 bits per heavy atom. The van der Waals surface area contributed by atoms with E-state index in [4.69, 9.17) is 13.9 Å². The van der Waals surface area contributed by atoms with Gasteiger partial charge in [-0.3, -0.25) is 9.69 Å². The van der Waals surface area contributed by atoms with Crippen LogP contribution in [-0.2, 0) is 10.2 Å². The Hall–Kier alpha value is -2.63. The zero-order chi connectivity index (χ0) is 20.0. The summed E-state index contributed by atoms with van der Waals surface area (Å²) in [4.78, 5) is 15.6. The average molecular weight is 391 g/mol. The van der Waals surface area contributed by atoms with Crippen LogP contribution in [-0.4, -0.2) is 50.1 Å². The maximum absolute atomic E-state index is 13.3. The van der Waals surface area contributed by atoms with Gasteiger partial charge in [0.05, 0.1) is 18.8 Å². The highest BCUT2D eigenvalue weighted by atomic mass is 16.5. The van der Waals surface area contributed by atoms with Crippen LogP contribution in [0.25, 0.3) is 11.0 Å². The number of carbonyl (C=O) groups excluding carboxylic acids is 1. The fourth-order valence-corrected chi connectivity index (χ4v) is 4.41. The first-order chi connectivity index (χ1) is 14.1. The number of morpholine rings is 1. The summed E-state index contributed by atoms with van der Waals surface area (Å²) in [6.07, 6.45) is 0. The van der Waals surface area contributed by atoms with Gasteiger partial charge in [-0.1, -0.05) is 18.2 Å². The van der Waals surface area contributed by atoms with Crippen LogP contribution < -0.4 is 4.74 Å². The fraction of sp³-hybridized carbons (Fsp3) is 0.375. The molecule has 1 fully saturated rings. The van der Waals surface area contributed by atoms with Crippen molar-refractivity contribution in [2.45, 2.75) is 19.3 Å². The highest BCUT2D eigenvalue weighted by molar-refractivity contribution is 6.19. The van der Waals surface area contributed by atoms with Crippen molar-refractivity contribution in [3.05, 3.63) is 64.9 Å². The molecule has 29 heavy (non-hydrogen) atoms. The molecule has 0 spiro atoms. The number of hydrogen-bond acceptors (Lipinski definition) is 5. The van der Waals surface area contributed by atoms with Crippen LogP contribution in [0.3, 0.4) is 0 Å². The first-order valence-electron chi connectivity index (χ1n) is 10.2. The number of furan rings is 1. The van der Waals surface area contributed by atoms with Gasteiger partial charge in [-0.2, -0.15) is 0 Å². The summed E-state index contributed by atoms with van der Waals surface area (Å²) in [5.41, 5.74) is 2.72. The van der Waals surface area contributed by atoms with Crippen LogP contribution in [0.5, 0.6) is 5.75 Å². The molecule has 3 aromatic rings. The van der Waals surface area contributed by atoms with Crippen molar-refractivity contribution in [2.75, 3.05) is 39.5 Å². The van der Waals surface area contributed by atoms with Gasteiger partial charge in [0.2, 0.25) is 0 Å². The van der Waals surface area contributed by atoms with E-state index in [0.29, 0.717) is 12.2 Å². The second-order valence-corrected chi connectivity index (χ2v) is 8.27. The van der Waals surface area contributed by atoms with Crippen LogP contribution in [0.15, 0.2) is 46.9 Å². The summed E-state index contributed by atoms with van der Waals surface area (Å²) in [7, 11) is 0. The molecule has 2 aliphatic rings. The molecule has 2 aromatic carbocycles. The minimum absolute atomic E-state index is 0.0270. The highest BCUT2D eigenvalue weighted by Crippen LogP contribution is 2.46. The lowest BCUT2D eigenvalue weighted by molar-refractivity contribution is 0.0322. The minimum Gasteiger partial charge on any atom is -0.492 e. The average Bonchev–Trinajstić information content (AvgIpc) is 3.14. The number of carbonyl (C=O) groups is 1. The molecular weight excluding hydrogens is 366 g/mol. The fourth-order valence-electron chi connectivity index (χ4n) is 4.41. The summed E-state index contributed by atoms with van der Waals surface area (Å²) in [6.45, 7) is 9.17. The number of nitrogens with zero attached hydrogens (tertiary/aromatic N) is 1. The Balaban J connectivity index is 1.44. The third kappa shape index (κ3) is 3.05. The molecule has 150 valence electrons. The molecule has 0 radical (unpaired) electrons. The van der Waals surface area contributed by atoms with Crippen LogP contribution in [0.1, 0.15) is 41.1 Å². The zero-order valence-electron chi connectivity index (χ0n) is 16.9. The summed E-state index contributed by atoms with van der Waals surface area (Å²) in [5.74, 6) is 1.55. The van der Waals surface area contributed by atoms with Crippen molar-refractivity contribution in [1.29, 1.82) is 0 Å². The van der Waals surface area contributed by atoms with E-state index in [1.807, 2.05) is 42.5 Å². The van der Waals surface area contributed by atoms with Gasteiger partial charge in [-0.25, -0.2) is 0 Å². The first kappa shape index (κ1) is 18.4. The van der Waals surface area contributed by atoms with E-state index >= 15 is 0 Å². The molecule has 5 heteroatoms. The van der Waals surface area contributed by atoms with Crippen LogP contribution in [0.2, 0.25) is 0 Å². The topological polar surface area (TPSA) is 51.9 Å². The number of benzene rings is 2. The third-order valence-corrected chi connectivity index (χ3v) is 6.08. The molecule has 0 amide bonds. The molecule has 1 aliphatic heterocycles. The molecule has 5 nitrogen and oxygen atoms in total. The Bertz CT molecular complexity index is 1080. The van der Waals surface area contributed by atoms with Crippen molar-refractivity contribution < 1.29 is 18.7 Å². The SMILES string of the molecule is CC1(C)c2cc(OCCN3CCOCC3)ccc2C(=O)c2c1oc1ccccc21. The molecule has 1 saturated heterocycles. The molecule has 0 unspecified atom stereocenters.